The lowest BCUT2D eigenvalue weighted by Crippen LogP contribution is -2.50. The van der Waals surface area contributed by atoms with Gasteiger partial charge < -0.3 is 30.7 Å². The lowest BCUT2D eigenvalue weighted by molar-refractivity contribution is -0.132. The van der Waals surface area contributed by atoms with Gasteiger partial charge in [-0.05, 0) is 61.6 Å². The molecule has 1 aliphatic carbocycles. The number of benzene rings is 1. The summed E-state index contributed by atoms with van der Waals surface area (Å²) >= 11 is 0. The molecule has 1 saturated carbocycles. The van der Waals surface area contributed by atoms with Gasteiger partial charge in [0.2, 0.25) is 11.8 Å². The lowest BCUT2D eigenvalue weighted by atomic mass is 9.75. The second-order valence-electron chi connectivity index (χ2n) is 10.4. The molecule has 3 amide bonds. The van der Waals surface area contributed by atoms with Crippen LogP contribution in [0.5, 0.6) is 11.5 Å². The zero-order valence-corrected chi connectivity index (χ0v) is 22.6. The van der Waals surface area contributed by atoms with Gasteiger partial charge in [-0.3, -0.25) is 19.4 Å². The number of hydrogen-bond acceptors (Lipinski definition) is 7. The monoisotopic (exact) mass is 537 g/mol. The highest BCUT2D eigenvalue weighted by molar-refractivity contribution is 5.84. The Morgan fingerprint density at radius 1 is 1.13 bits per heavy atom. The number of methoxy groups -OCH3 is 1. The molecule has 4 rings (SSSR count). The number of aromatic nitrogens is 1. The second kappa shape index (κ2) is 13.9. The first kappa shape index (κ1) is 28.4. The molecule has 1 unspecified atom stereocenters. The van der Waals surface area contributed by atoms with Crippen LogP contribution in [-0.4, -0.2) is 62.6 Å². The van der Waals surface area contributed by atoms with E-state index in [2.05, 4.69) is 26.3 Å². The molecule has 1 fully saturated rings. The Morgan fingerprint density at radius 3 is 2.77 bits per heavy atom. The maximum atomic E-state index is 13.9. The molecule has 10 heteroatoms. The number of ether oxygens (including phenoxy) is 2. The quantitative estimate of drug-likeness (QED) is 0.442. The molecule has 0 spiro atoms. The van der Waals surface area contributed by atoms with Gasteiger partial charge in [0.25, 0.3) is 5.91 Å². The Bertz CT molecular complexity index is 1120. The van der Waals surface area contributed by atoms with E-state index in [9.17, 15) is 14.4 Å². The van der Waals surface area contributed by atoms with Gasteiger partial charge in [0, 0.05) is 32.3 Å². The lowest BCUT2D eigenvalue weighted by Gasteiger charge is -2.33. The van der Waals surface area contributed by atoms with E-state index in [1.54, 1.807) is 19.4 Å². The smallest absolute Gasteiger partial charge is 0.257 e. The zero-order chi connectivity index (χ0) is 27.5. The molecule has 1 atom stereocenters. The van der Waals surface area contributed by atoms with Gasteiger partial charge >= 0.3 is 0 Å². The molecule has 1 aromatic carbocycles. The van der Waals surface area contributed by atoms with Crippen LogP contribution in [0.1, 0.15) is 43.4 Å². The number of carbonyl (C=O) groups excluding carboxylic acids is 3. The maximum Gasteiger partial charge on any atom is 0.257 e. The van der Waals surface area contributed by atoms with Crippen LogP contribution in [-0.2, 0) is 27.3 Å². The van der Waals surface area contributed by atoms with Gasteiger partial charge in [-0.2, -0.15) is 0 Å². The minimum Gasteiger partial charge on any atom is -0.493 e. The molecule has 2 heterocycles. The van der Waals surface area contributed by atoms with Crippen molar-refractivity contribution in [3.63, 3.8) is 0 Å². The number of nitrogens with one attached hydrogen (secondary N) is 4. The molecule has 1 aromatic heterocycles. The van der Waals surface area contributed by atoms with Crippen LogP contribution in [0.2, 0.25) is 0 Å². The van der Waals surface area contributed by atoms with Gasteiger partial charge in [-0.25, -0.2) is 0 Å². The van der Waals surface area contributed by atoms with E-state index in [1.165, 1.54) is 0 Å². The Balaban J connectivity index is 1.62. The van der Waals surface area contributed by atoms with Crippen LogP contribution in [0.3, 0.4) is 0 Å². The fourth-order valence-corrected chi connectivity index (χ4v) is 4.87. The van der Waals surface area contributed by atoms with Crippen LogP contribution >= 0.6 is 0 Å². The molecule has 4 N–H and O–H groups in total. The van der Waals surface area contributed by atoms with E-state index in [-0.39, 0.29) is 30.9 Å². The number of rotatable bonds is 6. The largest absolute Gasteiger partial charge is 0.493 e. The summed E-state index contributed by atoms with van der Waals surface area (Å²) in [5.74, 6) is 0.937. The summed E-state index contributed by atoms with van der Waals surface area (Å²) in [5, 5.41) is 12.2. The van der Waals surface area contributed by atoms with Crippen molar-refractivity contribution in [2.45, 2.75) is 45.1 Å². The number of pyridine rings is 1. The van der Waals surface area contributed by atoms with Gasteiger partial charge in [0.15, 0.2) is 18.1 Å². The van der Waals surface area contributed by atoms with Crippen LogP contribution in [0, 0.1) is 11.3 Å². The molecule has 10 nitrogen and oxygen atoms in total. The third kappa shape index (κ3) is 8.68. The Hall–Kier alpha value is -3.66. The van der Waals surface area contributed by atoms with E-state index in [0.717, 1.165) is 24.1 Å². The van der Waals surface area contributed by atoms with Crippen molar-refractivity contribution in [3.8, 4) is 11.5 Å². The summed E-state index contributed by atoms with van der Waals surface area (Å²) in [6, 6.07) is 11.1. The van der Waals surface area contributed by atoms with Crippen LogP contribution in [0.25, 0.3) is 0 Å². The van der Waals surface area contributed by atoms with E-state index >= 15 is 0 Å². The first-order valence-electron chi connectivity index (χ1n) is 13.7. The van der Waals surface area contributed by atoms with Crippen molar-refractivity contribution in [3.05, 3.63) is 53.9 Å². The topological polar surface area (TPSA) is 131 Å². The Morgan fingerprint density at radius 2 is 2.00 bits per heavy atom. The van der Waals surface area contributed by atoms with Crippen molar-refractivity contribution in [2.75, 3.05) is 39.9 Å². The number of carbonyl (C=O) groups is 3. The summed E-state index contributed by atoms with van der Waals surface area (Å²) in [7, 11) is 1.55. The second-order valence-corrected chi connectivity index (χ2v) is 10.4. The minimum absolute atomic E-state index is 0.0809. The number of fused-ring (bicyclic) bond motifs is 2. The van der Waals surface area contributed by atoms with Crippen molar-refractivity contribution < 1.29 is 23.9 Å². The molecule has 210 valence electrons. The van der Waals surface area contributed by atoms with Crippen molar-refractivity contribution in [1.82, 2.24) is 26.3 Å². The molecule has 39 heavy (non-hydrogen) atoms. The summed E-state index contributed by atoms with van der Waals surface area (Å²) in [6.45, 7) is 2.09. The predicted molar refractivity (Wildman–Crippen MR) is 146 cm³/mol. The molecule has 0 radical (unpaired) electrons. The van der Waals surface area contributed by atoms with E-state index in [1.807, 2.05) is 30.3 Å². The fourth-order valence-electron chi connectivity index (χ4n) is 4.87. The highest BCUT2D eigenvalue weighted by atomic mass is 16.5. The average Bonchev–Trinajstić information content (AvgIpc) is 3.77. The Labute approximate surface area is 229 Å². The van der Waals surface area contributed by atoms with Crippen LogP contribution in [0.4, 0.5) is 0 Å². The summed E-state index contributed by atoms with van der Waals surface area (Å²) < 4.78 is 11.3. The predicted octanol–water partition coefficient (Wildman–Crippen LogP) is 1.73. The summed E-state index contributed by atoms with van der Waals surface area (Å²) in [5.41, 5.74) is 0.764. The highest BCUT2D eigenvalue weighted by Crippen LogP contribution is 2.43. The minimum atomic E-state index is -0.863. The van der Waals surface area contributed by atoms with Crippen molar-refractivity contribution in [1.29, 1.82) is 0 Å². The Kier molecular flexibility index (Phi) is 10.1. The van der Waals surface area contributed by atoms with Crippen molar-refractivity contribution in [2.24, 2.45) is 11.3 Å². The third-order valence-electron chi connectivity index (χ3n) is 7.15. The number of nitrogens with zero attached hydrogens (tertiary/aromatic N) is 1. The van der Waals surface area contributed by atoms with Gasteiger partial charge in [-0.15, -0.1) is 0 Å². The zero-order valence-electron chi connectivity index (χ0n) is 22.6. The average molecular weight is 538 g/mol. The van der Waals surface area contributed by atoms with Crippen LogP contribution < -0.4 is 30.7 Å². The van der Waals surface area contributed by atoms with Gasteiger partial charge in [-0.1, -0.05) is 25.0 Å². The first-order valence-corrected chi connectivity index (χ1v) is 13.7. The molecule has 2 aliphatic rings. The third-order valence-corrected chi connectivity index (χ3v) is 7.15. The van der Waals surface area contributed by atoms with E-state index in [0.29, 0.717) is 69.3 Å². The molecular weight excluding hydrogens is 498 g/mol. The maximum absolute atomic E-state index is 13.9. The van der Waals surface area contributed by atoms with Crippen molar-refractivity contribution >= 4 is 17.7 Å². The van der Waals surface area contributed by atoms with E-state index < -0.39 is 5.41 Å². The first-order chi connectivity index (χ1) is 19.0. The standard InChI is InChI=1S/C29H39N5O5/c1-38-24-10-9-22-15-25(24)39-19-27(36)32-14-13-30-11-4-6-26(35)34-20-29(17-22,16-21-7-8-21)28(37)33-18-23-5-2-3-12-31-23/h2-3,5,9-10,12,15,21,30H,4,6-8,11,13-14,16-20H2,1H3,(H,32,36)(H,33,37)(H,34,35). The number of hydrogen-bond donors (Lipinski definition) is 4. The molecule has 2 bridgehead atoms. The molecular formula is C29H39N5O5. The van der Waals surface area contributed by atoms with Crippen LogP contribution in [0.15, 0.2) is 42.6 Å². The summed E-state index contributed by atoms with van der Waals surface area (Å²) in [6.07, 6.45) is 5.91. The molecule has 0 saturated heterocycles. The molecule has 1 aliphatic heterocycles. The summed E-state index contributed by atoms with van der Waals surface area (Å²) in [4.78, 5) is 43.4. The normalized spacial score (nSPS) is 21.4. The van der Waals surface area contributed by atoms with Gasteiger partial charge in [0.05, 0.1) is 24.8 Å². The van der Waals surface area contributed by atoms with E-state index in [4.69, 9.17) is 9.47 Å². The fraction of sp³-hybridized carbons (Fsp3) is 0.517. The SMILES string of the molecule is COc1ccc2cc1OCC(=O)NCCNCCCC(=O)NCC(CC1CC1)(C(=O)NCc1ccccn1)C2. The highest BCUT2D eigenvalue weighted by Gasteiger charge is 2.43. The number of amides is 3. The van der Waals surface area contributed by atoms with Gasteiger partial charge in [0.1, 0.15) is 0 Å². The molecule has 2 aromatic rings.